The van der Waals surface area contributed by atoms with Crippen molar-refractivity contribution in [1.82, 2.24) is 0 Å². The lowest BCUT2D eigenvalue weighted by molar-refractivity contribution is -0.131. The van der Waals surface area contributed by atoms with E-state index in [1.807, 2.05) is 18.2 Å². The fourth-order valence-corrected chi connectivity index (χ4v) is 2.48. The minimum Gasteiger partial charge on any atom is -0.492 e. The van der Waals surface area contributed by atoms with Crippen molar-refractivity contribution < 1.29 is 14.6 Å². The molecule has 0 spiro atoms. The predicted molar refractivity (Wildman–Crippen MR) is 89.7 cm³/mol. The fraction of sp³-hybridized carbons (Fsp3) is 0.471. The Kier molecular flexibility index (Phi) is 8.83. The van der Waals surface area contributed by atoms with Gasteiger partial charge in [-0.2, -0.15) is 0 Å². The van der Waals surface area contributed by atoms with E-state index in [-0.39, 0.29) is 0 Å². The molecule has 0 radical (unpaired) electrons. The number of hydrogen-bond acceptors (Lipinski definition) is 2. The third-order valence-electron chi connectivity index (χ3n) is 3.13. The lowest BCUT2D eigenvalue weighted by Crippen LogP contribution is -1.98. The highest BCUT2D eigenvalue weighted by Gasteiger charge is 2.02. The maximum atomic E-state index is 10.5. The van der Waals surface area contributed by atoms with Gasteiger partial charge < -0.3 is 9.84 Å². The molecule has 21 heavy (non-hydrogen) atoms. The second-order valence-electron chi connectivity index (χ2n) is 4.98. The molecule has 0 amide bonds. The maximum absolute atomic E-state index is 10.5. The molecule has 0 aliphatic carbocycles. The zero-order valence-electron chi connectivity index (χ0n) is 12.5. The first-order valence-electron chi connectivity index (χ1n) is 7.47. The molecular weight excluding hydrogens is 332 g/mol. The number of carboxylic acids is 1. The fourth-order valence-electron chi connectivity index (χ4n) is 1.97. The Morgan fingerprint density at radius 2 is 1.95 bits per heavy atom. The van der Waals surface area contributed by atoms with Gasteiger partial charge in [-0.05, 0) is 46.1 Å². The molecule has 0 atom stereocenters. The van der Waals surface area contributed by atoms with Gasteiger partial charge in [-0.3, -0.25) is 0 Å². The average molecular weight is 355 g/mol. The van der Waals surface area contributed by atoms with E-state index in [2.05, 4.69) is 22.9 Å². The molecule has 0 aromatic heterocycles. The summed E-state index contributed by atoms with van der Waals surface area (Å²) in [5.41, 5.74) is 0.830. The van der Waals surface area contributed by atoms with Gasteiger partial charge in [-0.15, -0.1) is 0 Å². The highest BCUT2D eigenvalue weighted by molar-refractivity contribution is 9.10. The van der Waals surface area contributed by atoms with E-state index < -0.39 is 5.97 Å². The van der Waals surface area contributed by atoms with Gasteiger partial charge in [0.05, 0.1) is 11.1 Å². The summed E-state index contributed by atoms with van der Waals surface area (Å²) in [6.45, 7) is 2.94. The van der Waals surface area contributed by atoms with Crippen LogP contribution in [0.25, 0.3) is 6.08 Å². The Morgan fingerprint density at radius 1 is 1.24 bits per heavy atom. The van der Waals surface area contributed by atoms with E-state index in [0.29, 0.717) is 0 Å². The monoisotopic (exact) mass is 354 g/mol. The van der Waals surface area contributed by atoms with Crippen molar-refractivity contribution in [1.29, 1.82) is 0 Å². The van der Waals surface area contributed by atoms with Gasteiger partial charge >= 0.3 is 5.97 Å². The van der Waals surface area contributed by atoms with Crippen LogP contribution < -0.4 is 4.74 Å². The van der Waals surface area contributed by atoms with E-state index >= 15 is 0 Å². The van der Waals surface area contributed by atoms with E-state index in [9.17, 15) is 4.79 Å². The molecule has 0 unspecified atom stereocenters. The Labute approximate surface area is 135 Å². The van der Waals surface area contributed by atoms with Gasteiger partial charge in [0.15, 0.2) is 0 Å². The summed E-state index contributed by atoms with van der Waals surface area (Å²) < 4.78 is 6.58. The van der Waals surface area contributed by atoms with Gasteiger partial charge in [0.2, 0.25) is 0 Å². The first-order valence-corrected chi connectivity index (χ1v) is 8.26. The molecular formula is C17H23BrO3. The van der Waals surface area contributed by atoms with Gasteiger partial charge in [0.25, 0.3) is 0 Å². The smallest absolute Gasteiger partial charge is 0.328 e. The van der Waals surface area contributed by atoms with E-state index in [1.165, 1.54) is 32.1 Å². The van der Waals surface area contributed by atoms with Gasteiger partial charge in [-0.1, -0.05) is 45.1 Å². The summed E-state index contributed by atoms with van der Waals surface area (Å²) >= 11 is 3.45. The Bertz CT molecular complexity index is 469. The van der Waals surface area contributed by atoms with E-state index in [1.54, 1.807) is 6.08 Å². The zero-order chi connectivity index (χ0) is 15.5. The first-order chi connectivity index (χ1) is 10.1. The minimum absolute atomic E-state index is 0.717. The van der Waals surface area contributed by atoms with Crippen LogP contribution in [-0.4, -0.2) is 17.7 Å². The van der Waals surface area contributed by atoms with Crippen LogP contribution in [0, 0.1) is 0 Å². The van der Waals surface area contributed by atoms with E-state index in [4.69, 9.17) is 9.84 Å². The molecule has 1 aromatic rings. The number of rotatable bonds is 10. The highest BCUT2D eigenvalue weighted by atomic mass is 79.9. The average Bonchev–Trinajstić information content (AvgIpc) is 2.46. The van der Waals surface area contributed by atoms with Gasteiger partial charge in [0, 0.05) is 6.08 Å². The SMILES string of the molecule is CCCCCCCCOc1ccc(C=CC(=O)O)cc1Br. The van der Waals surface area contributed by atoms with Gasteiger partial charge in [-0.25, -0.2) is 4.79 Å². The number of unbranched alkanes of at least 4 members (excludes halogenated alkanes) is 5. The lowest BCUT2D eigenvalue weighted by atomic mass is 10.1. The lowest BCUT2D eigenvalue weighted by Gasteiger charge is -2.08. The molecule has 1 aromatic carbocycles. The van der Waals surface area contributed by atoms with Crippen LogP contribution >= 0.6 is 15.9 Å². The molecule has 116 valence electrons. The third kappa shape index (κ3) is 7.90. The zero-order valence-corrected chi connectivity index (χ0v) is 14.1. The minimum atomic E-state index is -0.950. The largest absolute Gasteiger partial charge is 0.492 e. The van der Waals surface area contributed by atoms with Crippen LogP contribution in [0.3, 0.4) is 0 Å². The maximum Gasteiger partial charge on any atom is 0.328 e. The predicted octanol–water partition coefficient (Wildman–Crippen LogP) is 5.29. The molecule has 3 nitrogen and oxygen atoms in total. The van der Waals surface area contributed by atoms with Crippen LogP contribution in [0.5, 0.6) is 5.75 Å². The quantitative estimate of drug-likeness (QED) is 0.458. The normalized spacial score (nSPS) is 11.0. The molecule has 0 bridgehead atoms. The molecule has 0 aliphatic rings. The number of hydrogen-bond donors (Lipinski definition) is 1. The Balaban J connectivity index is 2.34. The van der Waals surface area contributed by atoms with Crippen molar-refractivity contribution in [3.05, 3.63) is 34.3 Å². The number of carbonyl (C=O) groups is 1. The van der Waals surface area contributed by atoms with Crippen LogP contribution in [0.2, 0.25) is 0 Å². The molecule has 0 aliphatic heterocycles. The summed E-state index contributed by atoms with van der Waals surface area (Å²) in [5, 5.41) is 8.60. The van der Waals surface area contributed by atoms with Crippen LogP contribution in [0.15, 0.2) is 28.7 Å². The second-order valence-corrected chi connectivity index (χ2v) is 5.83. The molecule has 0 heterocycles. The van der Waals surface area contributed by atoms with Crippen molar-refractivity contribution in [2.24, 2.45) is 0 Å². The standard InChI is InChI=1S/C17H23BrO3/c1-2-3-4-5-6-7-12-21-16-10-8-14(13-15(16)18)9-11-17(19)20/h8-11,13H,2-7,12H2,1H3,(H,19,20). The number of aliphatic carboxylic acids is 1. The van der Waals surface area contributed by atoms with Crippen LogP contribution in [-0.2, 0) is 4.79 Å². The summed E-state index contributed by atoms with van der Waals surface area (Å²) in [4.78, 5) is 10.5. The van der Waals surface area contributed by atoms with Crippen molar-refractivity contribution in [3.63, 3.8) is 0 Å². The molecule has 4 heteroatoms. The second kappa shape index (κ2) is 10.4. The summed E-state index contributed by atoms with van der Waals surface area (Å²) in [6, 6.07) is 5.57. The molecule has 1 N–H and O–H groups in total. The van der Waals surface area contributed by atoms with Crippen LogP contribution in [0.1, 0.15) is 51.0 Å². The molecule has 0 saturated heterocycles. The highest BCUT2D eigenvalue weighted by Crippen LogP contribution is 2.26. The van der Waals surface area contributed by atoms with Crippen molar-refractivity contribution in [2.45, 2.75) is 45.4 Å². The molecule has 1 rings (SSSR count). The van der Waals surface area contributed by atoms with E-state index in [0.717, 1.165) is 34.9 Å². The van der Waals surface area contributed by atoms with Crippen molar-refractivity contribution in [3.8, 4) is 5.75 Å². The van der Waals surface area contributed by atoms with Crippen molar-refractivity contribution >= 4 is 28.0 Å². The summed E-state index contributed by atoms with van der Waals surface area (Å²) in [5.74, 6) is -0.148. The summed E-state index contributed by atoms with van der Waals surface area (Å²) in [6.07, 6.45) is 10.1. The summed E-state index contributed by atoms with van der Waals surface area (Å²) in [7, 11) is 0. The van der Waals surface area contributed by atoms with Crippen LogP contribution in [0.4, 0.5) is 0 Å². The topological polar surface area (TPSA) is 46.5 Å². The number of carboxylic acid groups (broad SMARTS) is 1. The third-order valence-corrected chi connectivity index (χ3v) is 3.75. The Morgan fingerprint density at radius 3 is 2.62 bits per heavy atom. The van der Waals surface area contributed by atoms with Crippen molar-refractivity contribution in [2.75, 3.05) is 6.61 Å². The first kappa shape index (κ1) is 17.8. The number of benzene rings is 1. The number of ether oxygens (including phenoxy) is 1. The van der Waals surface area contributed by atoms with Gasteiger partial charge in [0.1, 0.15) is 5.75 Å². The molecule has 0 fully saturated rings. The Hall–Kier alpha value is -1.29. The number of halogens is 1. The molecule has 0 saturated carbocycles.